The van der Waals surface area contributed by atoms with Crippen LogP contribution >= 0.6 is 24.0 Å². The van der Waals surface area contributed by atoms with E-state index in [-0.39, 0.29) is 24.9 Å². The Bertz CT molecular complexity index is 699. The molecule has 0 bridgehead atoms. The number of benzodiazepines with no additional fused rings is 1. The van der Waals surface area contributed by atoms with Gasteiger partial charge in [-0.2, -0.15) is 0 Å². The third kappa shape index (κ3) is 2.94. The molecule has 0 fully saturated rings. The van der Waals surface area contributed by atoms with E-state index in [0.29, 0.717) is 5.02 Å². The predicted molar refractivity (Wildman–Crippen MR) is 89.1 cm³/mol. The topological polar surface area (TPSA) is 32.7 Å². The summed E-state index contributed by atoms with van der Waals surface area (Å²) >= 11 is 6.11. The highest BCUT2D eigenvalue weighted by atomic mass is 35.5. The van der Waals surface area contributed by atoms with Gasteiger partial charge >= 0.3 is 0 Å². The van der Waals surface area contributed by atoms with Crippen LogP contribution in [0.25, 0.3) is 0 Å². The first-order chi connectivity index (χ1) is 9.66. The summed E-state index contributed by atoms with van der Waals surface area (Å²) in [6.07, 6.45) is 0. The van der Waals surface area contributed by atoms with Crippen molar-refractivity contribution in [3.63, 3.8) is 0 Å². The van der Waals surface area contributed by atoms with Gasteiger partial charge in [0, 0.05) is 23.2 Å². The molecule has 0 aliphatic carbocycles. The molecular formula is C16H14Cl2N2O. The van der Waals surface area contributed by atoms with E-state index in [1.807, 2.05) is 42.5 Å². The SMILES string of the molecule is CN1C(=O)CN=C(c2ccccc2)c2cc(Cl)ccc21.Cl. The summed E-state index contributed by atoms with van der Waals surface area (Å²) in [5.74, 6) is -0.0282. The van der Waals surface area contributed by atoms with Crippen LogP contribution < -0.4 is 4.90 Å². The molecule has 108 valence electrons. The van der Waals surface area contributed by atoms with Crippen LogP contribution in [0.4, 0.5) is 5.69 Å². The number of halogens is 2. The number of carbonyl (C=O) groups excluding carboxylic acids is 1. The maximum Gasteiger partial charge on any atom is 0.248 e. The molecule has 0 saturated heterocycles. The smallest absolute Gasteiger partial charge is 0.248 e. The van der Waals surface area contributed by atoms with Gasteiger partial charge in [0.25, 0.3) is 0 Å². The maximum atomic E-state index is 12.0. The number of hydrogen-bond donors (Lipinski definition) is 0. The lowest BCUT2D eigenvalue weighted by Crippen LogP contribution is -2.27. The van der Waals surface area contributed by atoms with Gasteiger partial charge in [0.2, 0.25) is 5.91 Å². The van der Waals surface area contributed by atoms with E-state index in [4.69, 9.17) is 11.6 Å². The summed E-state index contributed by atoms with van der Waals surface area (Å²) in [5.41, 5.74) is 3.51. The van der Waals surface area contributed by atoms with Crippen molar-refractivity contribution in [2.75, 3.05) is 18.5 Å². The van der Waals surface area contributed by atoms with E-state index in [9.17, 15) is 4.79 Å². The molecule has 2 aromatic carbocycles. The van der Waals surface area contributed by atoms with Crippen LogP contribution in [0.1, 0.15) is 11.1 Å². The standard InChI is InChI=1S/C16H13ClN2O.ClH/c1-19-14-8-7-12(17)9-13(14)16(18-10-15(19)20)11-5-3-2-4-6-11;/h2-9H,10H2,1H3;1H. The fraction of sp³-hybridized carbons (Fsp3) is 0.125. The van der Waals surface area contributed by atoms with E-state index in [1.54, 1.807) is 18.0 Å². The van der Waals surface area contributed by atoms with E-state index < -0.39 is 0 Å². The summed E-state index contributed by atoms with van der Waals surface area (Å²) in [4.78, 5) is 18.1. The number of carbonyl (C=O) groups is 1. The van der Waals surface area contributed by atoms with Crippen molar-refractivity contribution >= 4 is 41.3 Å². The van der Waals surface area contributed by atoms with Crippen molar-refractivity contribution < 1.29 is 4.79 Å². The molecule has 3 nitrogen and oxygen atoms in total. The molecule has 0 radical (unpaired) electrons. The van der Waals surface area contributed by atoms with Gasteiger partial charge in [-0.15, -0.1) is 12.4 Å². The fourth-order valence-corrected chi connectivity index (χ4v) is 2.48. The number of fused-ring (bicyclic) bond motifs is 1. The third-order valence-corrected chi connectivity index (χ3v) is 3.60. The minimum Gasteiger partial charge on any atom is -0.313 e. The van der Waals surface area contributed by atoms with Gasteiger partial charge in [-0.05, 0) is 18.2 Å². The largest absolute Gasteiger partial charge is 0.313 e. The van der Waals surface area contributed by atoms with Gasteiger partial charge in [0.05, 0.1) is 11.4 Å². The number of rotatable bonds is 1. The van der Waals surface area contributed by atoms with E-state index in [2.05, 4.69) is 4.99 Å². The minimum atomic E-state index is -0.0282. The molecule has 2 aromatic rings. The van der Waals surface area contributed by atoms with Crippen molar-refractivity contribution in [2.24, 2.45) is 4.99 Å². The fourth-order valence-electron chi connectivity index (χ4n) is 2.31. The van der Waals surface area contributed by atoms with Crippen LogP contribution in [-0.2, 0) is 4.79 Å². The third-order valence-electron chi connectivity index (χ3n) is 3.37. The maximum absolute atomic E-state index is 12.0. The molecule has 0 atom stereocenters. The molecule has 21 heavy (non-hydrogen) atoms. The normalized spacial score (nSPS) is 13.9. The highest BCUT2D eigenvalue weighted by molar-refractivity contribution is 6.32. The minimum absolute atomic E-state index is 0. The number of nitrogens with zero attached hydrogens (tertiary/aromatic N) is 2. The van der Waals surface area contributed by atoms with Crippen molar-refractivity contribution in [3.8, 4) is 0 Å². The van der Waals surface area contributed by atoms with Crippen LogP contribution in [0.5, 0.6) is 0 Å². The molecule has 0 saturated carbocycles. The number of benzene rings is 2. The quantitative estimate of drug-likeness (QED) is 0.790. The molecule has 1 aliphatic heterocycles. The zero-order valence-corrected chi connectivity index (χ0v) is 13.0. The molecule has 1 heterocycles. The summed E-state index contributed by atoms with van der Waals surface area (Å²) in [6, 6.07) is 15.3. The predicted octanol–water partition coefficient (Wildman–Crippen LogP) is 3.58. The molecule has 1 aliphatic rings. The van der Waals surface area contributed by atoms with Crippen molar-refractivity contribution in [3.05, 3.63) is 64.7 Å². The number of amides is 1. The second-order valence-electron chi connectivity index (χ2n) is 4.65. The molecule has 0 unspecified atom stereocenters. The summed E-state index contributed by atoms with van der Waals surface area (Å²) in [5, 5.41) is 0.634. The van der Waals surface area contributed by atoms with Crippen LogP contribution in [-0.4, -0.2) is 25.2 Å². The zero-order valence-electron chi connectivity index (χ0n) is 11.4. The van der Waals surface area contributed by atoms with Crippen LogP contribution in [0.3, 0.4) is 0 Å². The number of hydrogen-bond acceptors (Lipinski definition) is 2. The lowest BCUT2D eigenvalue weighted by atomic mass is 10.0. The summed E-state index contributed by atoms with van der Waals surface area (Å²) < 4.78 is 0. The monoisotopic (exact) mass is 320 g/mol. The molecule has 3 rings (SSSR count). The summed E-state index contributed by atoms with van der Waals surface area (Å²) in [6.45, 7) is 0.146. The average Bonchev–Trinajstić information content (AvgIpc) is 2.58. The first-order valence-electron chi connectivity index (χ1n) is 6.33. The second kappa shape index (κ2) is 6.29. The Morgan fingerprint density at radius 3 is 2.57 bits per heavy atom. The molecule has 0 N–H and O–H groups in total. The average molecular weight is 321 g/mol. The highest BCUT2D eigenvalue weighted by Gasteiger charge is 2.22. The first kappa shape index (κ1) is 15.5. The zero-order chi connectivity index (χ0) is 14.1. The molecule has 5 heteroatoms. The van der Waals surface area contributed by atoms with Crippen molar-refractivity contribution in [1.29, 1.82) is 0 Å². The van der Waals surface area contributed by atoms with E-state index in [0.717, 1.165) is 22.5 Å². The van der Waals surface area contributed by atoms with Crippen molar-refractivity contribution in [2.45, 2.75) is 0 Å². The lowest BCUT2D eigenvalue weighted by molar-refractivity contribution is -0.116. The van der Waals surface area contributed by atoms with Crippen LogP contribution in [0.2, 0.25) is 5.02 Å². The Hall–Kier alpha value is -1.84. The molecule has 1 amide bonds. The second-order valence-corrected chi connectivity index (χ2v) is 5.08. The van der Waals surface area contributed by atoms with Crippen LogP contribution in [0, 0.1) is 0 Å². The van der Waals surface area contributed by atoms with Gasteiger partial charge in [-0.3, -0.25) is 9.79 Å². The van der Waals surface area contributed by atoms with Gasteiger partial charge in [-0.1, -0.05) is 41.9 Å². The Morgan fingerprint density at radius 1 is 1.14 bits per heavy atom. The number of likely N-dealkylation sites (N-methyl/N-ethyl adjacent to an activating group) is 1. The Morgan fingerprint density at radius 2 is 1.86 bits per heavy atom. The Balaban J connectivity index is 0.00000161. The Labute approximate surface area is 134 Å². The molecule has 0 aromatic heterocycles. The van der Waals surface area contributed by atoms with E-state index in [1.165, 1.54) is 0 Å². The molecule has 0 spiro atoms. The molecular weight excluding hydrogens is 307 g/mol. The highest BCUT2D eigenvalue weighted by Crippen LogP contribution is 2.28. The Kier molecular flexibility index (Phi) is 4.66. The van der Waals surface area contributed by atoms with Gasteiger partial charge in [-0.25, -0.2) is 0 Å². The van der Waals surface area contributed by atoms with Crippen molar-refractivity contribution in [1.82, 2.24) is 0 Å². The lowest BCUT2D eigenvalue weighted by Gasteiger charge is -2.18. The summed E-state index contributed by atoms with van der Waals surface area (Å²) in [7, 11) is 1.76. The van der Waals surface area contributed by atoms with Gasteiger partial charge in [0.1, 0.15) is 6.54 Å². The van der Waals surface area contributed by atoms with Gasteiger partial charge in [0.15, 0.2) is 0 Å². The first-order valence-corrected chi connectivity index (χ1v) is 6.71. The van der Waals surface area contributed by atoms with Crippen LogP contribution in [0.15, 0.2) is 53.5 Å². The number of anilines is 1. The van der Waals surface area contributed by atoms with Gasteiger partial charge < -0.3 is 4.90 Å². The van der Waals surface area contributed by atoms with E-state index >= 15 is 0 Å². The number of aliphatic imine (C=N–C) groups is 1.